The minimum atomic E-state index is -0.159. The lowest BCUT2D eigenvalue weighted by Crippen LogP contribution is -2.30. The molecule has 1 aliphatic rings. The Bertz CT molecular complexity index is 1170. The molecule has 28 heavy (non-hydrogen) atoms. The van der Waals surface area contributed by atoms with Crippen molar-refractivity contribution in [2.75, 3.05) is 12.4 Å². The Morgan fingerprint density at radius 2 is 1.61 bits per heavy atom. The van der Waals surface area contributed by atoms with Crippen LogP contribution in [0.2, 0.25) is 0 Å². The van der Waals surface area contributed by atoms with Gasteiger partial charge >= 0.3 is 0 Å². The van der Waals surface area contributed by atoms with Crippen LogP contribution in [-0.2, 0) is 0 Å². The summed E-state index contributed by atoms with van der Waals surface area (Å²) in [5.74, 6) is 0.449. The van der Waals surface area contributed by atoms with E-state index in [1.165, 1.54) is 0 Å². The molecule has 4 heteroatoms. The van der Waals surface area contributed by atoms with Crippen molar-refractivity contribution in [3.63, 3.8) is 0 Å². The Morgan fingerprint density at radius 3 is 2.43 bits per heavy atom. The summed E-state index contributed by atoms with van der Waals surface area (Å²) >= 11 is 6.09. The van der Waals surface area contributed by atoms with Crippen LogP contribution in [0.1, 0.15) is 27.5 Å². The molecule has 3 aromatic carbocycles. The maximum Gasteiger partial charge on any atom is 0.255 e. The summed E-state index contributed by atoms with van der Waals surface area (Å²) in [7, 11) is 0. The normalized spacial score (nSPS) is 16.0. The molecule has 0 radical (unpaired) electrons. The minimum absolute atomic E-state index is 0.0468. The summed E-state index contributed by atoms with van der Waals surface area (Å²) < 4.78 is 0. The molecule has 0 saturated heterocycles. The molecule has 1 N–H and O–H groups in total. The standard InChI is InChI=1S/C24H19ClN2O/c25-14-15-27-23(17-10-4-5-11-18(17)24(27)28)21-19-12-6-7-13-20(19)26-22(21)16-8-2-1-3-9-16/h1-13,23,26H,14-15H2/t23-/m1/s1. The van der Waals surface area contributed by atoms with Crippen LogP contribution in [0.5, 0.6) is 0 Å². The number of fused-ring (bicyclic) bond motifs is 2. The van der Waals surface area contributed by atoms with Crippen molar-refractivity contribution in [3.8, 4) is 11.3 Å². The van der Waals surface area contributed by atoms with E-state index in [-0.39, 0.29) is 11.9 Å². The number of carbonyl (C=O) groups excluding carboxylic acids is 1. The fraction of sp³-hybridized carbons (Fsp3) is 0.125. The van der Waals surface area contributed by atoms with Crippen molar-refractivity contribution in [2.45, 2.75) is 6.04 Å². The zero-order chi connectivity index (χ0) is 19.1. The van der Waals surface area contributed by atoms with E-state index in [9.17, 15) is 4.79 Å². The average Bonchev–Trinajstić information content (AvgIpc) is 3.25. The Morgan fingerprint density at radius 1 is 0.893 bits per heavy atom. The van der Waals surface area contributed by atoms with Gasteiger partial charge in [-0.2, -0.15) is 0 Å². The summed E-state index contributed by atoms with van der Waals surface area (Å²) in [4.78, 5) is 18.6. The van der Waals surface area contributed by atoms with Gasteiger partial charge in [-0.3, -0.25) is 4.79 Å². The second-order valence-corrected chi connectivity index (χ2v) is 7.38. The number of amides is 1. The van der Waals surface area contributed by atoms with Gasteiger partial charge < -0.3 is 9.88 Å². The van der Waals surface area contributed by atoms with E-state index >= 15 is 0 Å². The van der Waals surface area contributed by atoms with Crippen molar-refractivity contribution < 1.29 is 4.79 Å². The van der Waals surface area contributed by atoms with Crippen molar-refractivity contribution >= 4 is 28.4 Å². The molecular formula is C24H19ClN2O. The smallest absolute Gasteiger partial charge is 0.255 e. The quantitative estimate of drug-likeness (QED) is 0.454. The third kappa shape index (κ3) is 2.54. The highest BCUT2D eigenvalue weighted by atomic mass is 35.5. The highest BCUT2D eigenvalue weighted by Crippen LogP contribution is 2.45. The molecule has 0 fully saturated rings. The number of carbonyl (C=O) groups is 1. The largest absolute Gasteiger partial charge is 0.354 e. The van der Waals surface area contributed by atoms with Crippen molar-refractivity contribution in [2.24, 2.45) is 0 Å². The van der Waals surface area contributed by atoms with Gasteiger partial charge in [-0.25, -0.2) is 0 Å². The van der Waals surface area contributed by atoms with E-state index in [4.69, 9.17) is 11.6 Å². The van der Waals surface area contributed by atoms with Crippen LogP contribution in [0.3, 0.4) is 0 Å². The number of benzene rings is 3. The first-order chi connectivity index (χ1) is 13.8. The summed E-state index contributed by atoms with van der Waals surface area (Å²) in [6.07, 6.45) is 0. The van der Waals surface area contributed by atoms with Crippen LogP contribution < -0.4 is 0 Å². The Labute approximate surface area is 168 Å². The van der Waals surface area contributed by atoms with Crippen molar-refractivity contribution in [1.82, 2.24) is 9.88 Å². The van der Waals surface area contributed by atoms with Gasteiger partial charge in [-0.05, 0) is 23.3 Å². The number of para-hydroxylation sites is 1. The number of nitrogens with one attached hydrogen (secondary N) is 1. The number of nitrogens with zero attached hydrogens (tertiary/aromatic N) is 1. The lowest BCUT2D eigenvalue weighted by molar-refractivity contribution is 0.0762. The topological polar surface area (TPSA) is 36.1 Å². The molecule has 1 atom stereocenters. The number of H-pyrrole nitrogens is 1. The fourth-order valence-electron chi connectivity index (χ4n) is 4.28. The number of hydrogen-bond donors (Lipinski definition) is 1. The molecule has 0 unspecified atom stereocenters. The minimum Gasteiger partial charge on any atom is -0.354 e. The Balaban J connectivity index is 1.82. The molecule has 1 amide bonds. The summed E-state index contributed by atoms with van der Waals surface area (Å²) in [6.45, 7) is 0.507. The van der Waals surface area contributed by atoms with Crippen molar-refractivity contribution in [1.29, 1.82) is 0 Å². The van der Waals surface area contributed by atoms with E-state index in [1.54, 1.807) is 0 Å². The number of aromatic amines is 1. The molecule has 2 heterocycles. The predicted molar refractivity (Wildman–Crippen MR) is 114 cm³/mol. The molecule has 1 aliphatic heterocycles. The van der Waals surface area contributed by atoms with E-state index in [0.29, 0.717) is 12.4 Å². The van der Waals surface area contributed by atoms with Gasteiger partial charge in [0.15, 0.2) is 0 Å². The predicted octanol–water partition coefficient (Wildman–Crippen LogP) is 5.62. The molecule has 0 bridgehead atoms. The molecular weight excluding hydrogens is 368 g/mol. The van der Waals surface area contributed by atoms with E-state index in [0.717, 1.165) is 38.9 Å². The fourth-order valence-corrected chi connectivity index (χ4v) is 4.47. The highest BCUT2D eigenvalue weighted by molar-refractivity contribution is 6.18. The van der Waals surface area contributed by atoms with Crippen LogP contribution in [0.15, 0.2) is 78.9 Å². The van der Waals surface area contributed by atoms with Crippen LogP contribution in [0.25, 0.3) is 22.2 Å². The second kappa shape index (κ2) is 6.84. The summed E-state index contributed by atoms with van der Waals surface area (Å²) in [5.41, 5.74) is 6.16. The highest BCUT2D eigenvalue weighted by Gasteiger charge is 2.39. The first-order valence-electron chi connectivity index (χ1n) is 9.41. The number of hydrogen-bond acceptors (Lipinski definition) is 1. The molecule has 1 aromatic heterocycles. The molecule has 0 aliphatic carbocycles. The number of aromatic nitrogens is 1. The molecule has 4 aromatic rings. The SMILES string of the molecule is O=C1c2ccccc2[C@H](c2c(-c3ccccc3)[nH]c3ccccc23)N1CCCl. The number of halogens is 1. The molecule has 0 saturated carbocycles. The Kier molecular flexibility index (Phi) is 4.18. The monoisotopic (exact) mass is 386 g/mol. The van der Waals surface area contributed by atoms with Gasteiger partial charge in [0.05, 0.1) is 11.7 Å². The van der Waals surface area contributed by atoms with Gasteiger partial charge in [-0.15, -0.1) is 11.6 Å². The van der Waals surface area contributed by atoms with Gasteiger partial charge in [0.2, 0.25) is 0 Å². The first-order valence-corrected chi connectivity index (χ1v) is 9.95. The van der Waals surface area contributed by atoms with Crippen LogP contribution in [0, 0.1) is 0 Å². The maximum absolute atomic E-state index is 13.1. The van der Waals surface area contributed by atoms with E-state index in [2.05, 4.69) is 35.3 Å². The molecule has 3 nitrogen and oxygen atoms in total. The van der Waals surface area contributed by atoms with Gasteiger partial charge in [0, 0.05) is 34.5 Å². The van der Waals surface area contributed by atoms with E-state index in [1.807, 2.05) is 53.4 Å². The lowest BCUT2D eigenvalue weighted by Gasteiger charge is -2.26. The molecule has 0 spiro atoms. The molecule has 5 rings (SSSR count). The second-order valence-electron chi connectivity index (χ2n) is 7.00. The first kappa shape index (κ1) is 17.1. The van der Waals surface area contributed by atoms with Crippen molar-refractivity contribution in [3.05, 3.63) is 95.6 Å². The van der Waals surface area contributed by atoms with Crippen LogP contribution in [0.4, 0.5) is 0 Å². The summed E-state index contributed by atoms with van der Waals surface area (Å²) in [5, 5.41) is 1.13. The number of alkyl halides is 1. The van der Waals surface area contributed by atoms with Crippen LogP contribution >= 0.6 is 11.6 Å². The van der Waals surface area contributed by atoms with E-state index < -0.39 is 0 Å². The lowest BCUT2D eigenvalue weighted by atomic mass is 9.93. The third-order valence-corrected chi connectivity index (χ3v) is 5.63. The average molecular weight is 387 g/mol. The van der Waals surface area contributed by atoms with Gasteiger partial charge in [-0.1, -0.05) is 66.7 Å². The zero-order valence-electron chi connectivity index (χ0n) is 15.2. The van der Waals surface area contributed by atoms with Gasteiger partial charge in [0.1, 0.15) is 0 Å². The number of rotatable bonds is 4. The van der Waals surface area contributed by atoms with Crippen LogP contribution in [-0.4, -0.2) is 28.2 Å². The maximum atomic E-state index is 13.1. The zero-order valence-corrected chi connectivity index (χ0v) is 16.0. The van der Waals surface area contributed by atoms with Gasteiger partial charge in [0.25, 0.3) is 5.91 Å². The third-order valence-electron chi connectivity index (χ3n) is 5.47. The Hall–Kier alpha value is -3.04. The summed E-state index contributed by atoms with van der Waals surface area (Å²) in [6, 6.07) is 26.3. The molecule has 138 valence electrons.